The zero-order chi connectivity index (χ0) is 37.0. The first kappa shape index (κ1) is 32.0. The smallest absolute Gasteiger partial charge is 0.138 e. The molecule has 0 aliphatic rings. The summed E-state index contributed by atoms with van der Waals surface area (Å²) in [5.41, 5.74) is 15.4. The molecule has 0 saturated heterocycles. The van der Waals surface area contributed by atoms with Gasteiger partial charge in [-0.3, -0.25) is 4.57 Å². The Morgan fingerprint density at radius 2 is 0.768 bits per heavy atom. The van der Waals surface area contributed by atoms with E-state index < -0.39 is 0 Å². The van der Waals surface area contributed by atoms with Crippen LogP contribution < -0.4 is 0 Å². The van der Waals surface area contributed by atoms with Crippen LogP contribution in [0.4, 0.5) is 0 Å². The summed E-state index contributed by atoms with van der Waals surface area (Å²) in [4.78, 5) is 4.97. The molecule has 0 atom stereocenters. The van der Waals surface area contributed by atoms with E-state index in [1.54, 1.807) is 0 Å². The van der Waals surface area contributed by atoms with Crippen LogP contribution in [0.15, 0.2) is 212 Å². The molecule has 3 nitrogen and oxygen atoms in total. The highest BCUT2D eigenvalue weighted by Gasteiger charge is 2.17. The lowest BCUT2D eigenvalue weighted by atomic mass is 9.93. The highest BCUT2D eigenvalue weighted by atomic mass is 15.1. The molecule has 0 aliphatic heterocycles. The van der Waals surface area contributed by atoms with Crippen LogP contribution in [0.2, 0.25) is 0 Å². The van der Waals surface area contributed by atoms with Crippen LogP contribution in [0.5, 0.6) is 0 Å². The van der Waals surface area contributed by atoms with E-state index in [-0.39, 0.29) is 0 Å². The van der Waals surface area contributed by atoms with E-state index in [1.807, 2.05) is 6.20 Å². The lowest BCUT2D eigenvalue weighted by Crippen LogP contribution is -1.97. The molecule has 3 aromatic heterocycles. The van der Waals surface area contributed by atoms with E-state index in [1.165, 1.54) is 71.6 Å². The van der Waals surface area contributed by atoms with Crippen molar-refractivity contribution in [3.05, 3.63) is 212 Å². The molecule has 0 aliphatic carbocycles. The molecule has 11 aromatic rings. The van der Waals surface area contributed by atoms with Crippen LogP contribution in [0.25, 0.3) is 99.6 Å². The maximum absolute atomic E-state index is 4.97. The average molecular weight is 714 g/mol. The molecule has 8 aromatic carbocycles. The molecule has 262 valence electrons. The van der Waals surface area contributed by atoms with Gasteiger partial charge in [-0.1, -0.05) is 140 Å². The normalized spacial score (nSPS) is 11.6. The third-order valence-corrected chi connectivity index (χ3v) is 11.2. The minimum Gasteiger partial charge on any atom is -0.309 e. The van der Waals surface area contributed by atoms with Crippen molar-refractivity contribution in [1.29, 1.82) is 0 Å². The summed E-state index contributed by atoms with van der Waals surface area (Å²) in [5.74, 6) is 0.895. The van der Waals surface area contributed by atoms with Crippen molar-refractivity contribution in [2.45, 2.75) is 0 Å². The SMILES string of the molecule is c1ccc(-c2ccccc2-c2cccc(-c3ccnc(-n4c5ccccc5c5cc(-c6ccc7c(c6)c6ccccc6n7-c6ccccc6)ccc54)c3)c2)cc1. The lowest BCUT2D eigenvalue weighted by Gasteiger charge is -2.13. The topological polar surface area (TPSA) is 22.8 Å². The van der Waals surface area contributed by atoms with Gasteiger partial charge in [-0.15, -0.1) is 0 Å². The molecular formula is C53H35N3. The van der Waals surface area contributed by atoms with Crippen LogP contribution in [0.1, 0.15) is 0 Å². The summed E-state index contributed by atoms with van der Waals surface area (Å²) in [6.07, 6.45) is 1.94. The van der Waals surface area contributed by atoms with E-state index >= 15 is 0 Å². The Morgan fingerprint density at radius 3 is 1.46 bits per heavy atom. The predicted octanol–water partition coefficient (Wildman–Crippen LogP) is 13.9. The number of hydrogen-bond acceptors (Lipinski definition) is 1. The van der Waals surface area contributed by atoms with Gasteiger partial charge in [0.15, 0.2) is 0 Å². The summed E-state index contributed by atoms with van der Waals surface area (Å²) in [6.45, 7) is 0. The summed E-state index contributed by atoms with van der Waals surface area (Å²) in [5, 5.41) is 4.91. The van der Waals surface area contributed by atoms with E-state index in [0.717, 1.165) is 28.0 Å². The highest BCUT2D eigenvalue weighted by Crippen LogP contribution is 2.39. The third-order valence-electron chi connectivity index (χ3n) is 11.2. The lowest BCUT2D eigenvalue weighted by molar-refractivity contribution is 1.08. The van der Waals surface area contributed by atoms with Crippen molar-refractivity contribution in [2.24, 2.45) is 0 Å². The van der Waals surface area contributed by atoms with Crippen molar-refractivity contribution < 1.29 is 0 Å². The maximum atomic E-state index is 4.97. The Morgan fingerprint density at radius 1 is 0.286 bits per heavy atom. The molecule has 0 N–H and O–H groups in total. The van der Waals surface area contributed by atoms with E-state index in [2.05, 4.69) is 215 Å². The Labute approximate surface area is 325 Å². The van der Waals surface area contributed by atoms with Gasteiger partial charge in [0, 0.05) is 33.4 Å². The molecular weight excluding hydrogens is 679 g/mol. The van der Waals surface area contributed by atoms with Crippen LogP contribution in [0.3, 0.4) is 0 Å². The first-order chi connectivity index (χ1) is 27.8. The second-order valence-corrected chi connectivity index (χ2v) is 14.4. The van der Waals surface area contributed by atoms with Gasteiger partial charge in [0.1, 0.15) is 5.82 Å². The number of nitrogens with zero attached hydrogens (tertiary/aromatic N) is 3. The van der Waals surface area contributed by atoms with E-state index in [9.17, 15) is 0 Å². The number of para-hydroxylation sites is 3. The maximum Gasteiger partial charge on any atom is 0.138 e. The number of aromatic nitrogens is 3. The monoisotopic (exact) mass is 713 g/mol. The minimum absolute atomic E-state index is 0.895. The molecule has 0 bridgehead atoms. The van der Waals surface area contributed by atoms with Gasteiger partial charge in [0.05, 0.1) is 22.1 Å². The number of rotatable bonds is 6. The fourth-order valence-electron chi connectivity index (χ4n) is 8.60. The summed E-state index contributed by atoms with van der Waals surface area (Å²) in [6, 6.07) is 74.3. The predicted molar refractivity (Wildman–Crippen MR) is 235 cm³/mol. The molecule has 11 rings (SSSR count). The van der Waals surface area contributed by atoms with Crippen molar-refractivity contribution in [3.63, 3.8) is 0 Å². The first-order valence-corrected chi connectivity index (χ1v) is 19.1. The van der Waals surface area contributed by atoms with Crippen LogP contribution >= 0.6 is 0 Å². The molecule has 0 amide bonds. The van der Waals surface area contributed by atoms with Crippen molar-refractivity contribution in [1.82, 2.24) is 14.1 Å². The van der Waals surface area contributed by atoms with Gasteiger partial charge in [0.2, 0.25) is 0 Å². The molecule has 0 unspecified atom stereocenters. The summed E-state index contributed by atoms with van der Waals surface area (Å²) in [7, 11) is 0. The van der Waals surface area contributed by atoms with Gasteiger partial charge < -0.3 is 4.57 Å². The first-order valence-electron chi connectivity index (χ1n) is 19.1. The van der Waals surface area contributed by atoms with Crippen LogP contribution in [-0.4, -0.2) is 14.1 Å². The highest BCUT2D eigenvalue weighted by molar-refractivity contribution is 6.12. The molecule has 0 radical (unpaired) electrons. The van der Waals surface area contributed by atoms with Crippen molar-refractivity contribution in [3.8, 4) is 56.0 Å². The summed E-state index contributed by atoms with van der Waals surface area (Å²) >= 11 is 0. The second kappa shape index (κ2) is 13.1. The fraction of sp³-hybridized carbons (Fsp3) is 0. The number of pyridine rings is 1. The zero-order valence-corrected chi connectivity index (χ0v) is 30.5. The molecule has 3 heterocycles. The molecule has 56 heavy (non-hydrogen) atoms. The fourth-order valence-corrected chi connectivity index (χ4v) is 8.60. The molecule has 3 heteroatoms. The Bertz CT molecular complexity index is 3240. The van der Waals surface area contributed by atoms with Gasteiger partial charge in [0.25, 0.3) is 0 Å². The Balaban J connectivity index is 1.01. The molecule has 0 fully saturated rings. The largest absolute Gasteiger partial charge is 0.309 e. The number of fused-ring (bicyclic) bond motifs is 6. The van der Waals surface area contributed by atoms with E-state index in [0.29, 0.717) is 0 Å². The third kappa shape index (κ3) is 5.25. The van der Waals surface area contributed by atoms with Gasteiger partial charge in [-0.2, -0.15) is 0 Å². The Kier molecular flexibility index (Phi) is 7.49. The van der Waals surface area contributed by atoms with Gasteiger partial charge in [-0.25, -0.2) is 4.98 Å². The van der Waals surface area contributed by atoms with E-state index in [4.69, 9.17) is 4.98 Å². The molecule has 0 saturated carbocycles. The van der Waals surface area contributed by atoms with Crippen LogP contribution in [-0.2, 0) is 0 Å². The van der Waals surface area contributed by atoms with Crippen molar-refractivity contribution >= 4 is 43.6 Å². The molecule has 0 spiro atoms. The second-order valence-electron chi connectivity index (χ2n) is 14.4. The number of benzene rings is 8. The van der Waals surface area contributed by atoms with Gasteiger partial charge >= 0.3 is 0 Å². The minimum atomic E-state index is 0.895. The zero-order valence-electron chi connectivity index (χ0n) is 30.5. The van der Waals surface area contributed by atoms with Gasteiger partial charge in [-0.05, 0) is 111 Å². The quantitative estimate of drug-likeness (QED) is 0.168. The average Bonchev–Trinajstić information content (AvgIpc) is 3.79. The van der Waals surface area contributed by atoms with Crippen molar-refractivity contribution in [2.75, 3.05) is 0 Å². The Hall–Kier alpha value is -7.49. The van der Waals surface area contributed by atoms with Crippen LogP contribution in [0, 0.1) is 0 Å². The summed E-state index contributed by atoms with van der Waals surface area (Å²) < 4.78 is 4.68. The number of hydrogen-bond donors (Lipinski definition) is 0. The standard InChI is InChI=1S/C53H35N3/c1-3-14-36(15-4-1)43-20-7-8-21-44(43)41-17-13-16-37(32-41)40-30-31-54-53(35-40)56-50-25-12-10-23-46(50)48-34-39(27-29-52(48)56)38-26-28-51-47(33-38)45-22-9-11-24-49(45)55(51)42-18-5-2-6-19-42/h1-35H.